The minimum absolute atomic E-state index is 0.0495. The van der Waals surface area contributed by atoms with Crippen molar-refractivity contribution < 1.29 is 23.0 Å². The highest BCUT2D eigenvalue weighted by atomic mass is 32.2. The van der Waals surface area contributed by atoms with Gasteiger partial charge in [-0.05, 0) is 91.4 Å². The third-order valence-electron chi connectivity index (χ3n) is 10.9. The zero-order valence-electron chi connectivity index (χ0n) is 35.9. The molecule has 1 atom stereocenters. The number of hydrogen-bond acceptors (Lipinski definition) is 9. The molecule has 0 amide bonds. The molecule has 1 N–H and O–H groups in total. The Morgan fingerprint density at radius 1 is 0.891 bits per heavy atom. The minimum atomic E-state index is -2.20. The third-order valence-corrected chi connectivity index (χ3v) is 22.4. The van der Waals surface area contributed by atoms with E-state index in [1.54, 1.807) is 13.2 Å². The molecular formula is C43H63FN4O4SSi2. The quantitative estimate of drug-likeness (QED) is 0.0415. The van der Waals surface area contributed by atoms with E-state index in [0.29, 0.717) is 78.9 Å². The standard InChI is InChI=1S/C43H63FN4O4SSi2/c1-26(2)51-41-39-37(47-42(53-14)48-40(39)45-24-30(9)52-54(15,16)43(10,11)12)23-36(46-41)34-22-32(50-25-49-13)21-31-17-18-35(44)33(38(31)34)19-20-55(27(3)4,28(5)6)29(7)8/h17-18,21-23,26-30H,24-25H2,1-16H3,(H,45,47,48)/t30-/m0/s1. The van der Waals surface area contributed by atoms with Crippen molar-refractivity contribution in [2.45, 2.75) is 135 Å². The lowest BCUT2D eigenvalue weighted by Gasteiger charge is -2.38. The molecule has 0 spiro atoms. The molecule has 0 saturated heterocycles. The average Bonchev–Trinajstić information content (AvgIpc) is 3.08. The van der Waals surface area contributed by atoms with E-state index < -0.39 is 16.4 Å². The summed E-state index contributed by atoms with van der Waals surface area (Å²) in [7, 11) is -2.62. The van der Waals surface area contributed by atoms with Crippen LogP contribution in [-0.2, 0) is 9.16 Å². The van der Waals surface area contributed by atoms with Gasteiger partial charge in [-0.15, -0.1) is 5.54 Å². The zero-order chi connectivity index (χ0) is 41.0. The highest BCUT2D eigenvalue weighted by molar-refractivity contribution is 7.98. The molecule has 0 unspecified atom stereocenters. The lowest BCUT2D eigenvalue weighted by Crippen LogP contribution is -2.44. The molecule has 2 aromatic carbocycles. The third kappa shape index (κ3) is 9.85. The molecule has 55 heavy (non-hydrogen) atoms. The van der Waals surface area contributed by atoms with Crippen LogP contribution in [0.3, 0.4) is 0 Å². The summed E-state index contributed by atoms with van der Waals surface area (Å²) in [5.41, 5.74) is 7.12. The molecule has 0 radical (unpaired) electrons. The second-order valence-electron chi connectivity index (χ2n) is 17.2. The number of pyridine rings is 1. The molecule has 2 aromatic heterocycles. The topological polar surface area (TPSA) is 87.6 Å². The van der Waals surface area contributed by atoms with Gasteiger partial charge in [0.1, 0.15) is 30.8 Å². The molecule has 300 valence electrons. The summed E-state index contributed by atoms with van der Waals surface area (Å²) in [5.74, 6) is 4.62. The van der Waals surface area contributed by atoms with Crippen molar-refractivity contribution >= 4 is 55.6 Å². The van der Waals surface area contributed by atoms with Gasteiger partial charge >= 0.3 is 0 Å². The smallest absolute Gasteiger partial charge is 0.227 e. The lowest BCUT2D eigenvalue weighted by molar-refractivity contribution is 0.0512. The molecule has 4 rings (SSSR count). The first-order valence-electron chi connectivity index (χ1n) is 19.4. The summed E-state index contributed by atoms with van der Waals surface area (Å²) in [6, 6.07) is 8.97. The minimum Gasteiger partial charge on any atom is -0.474 e. The van der Waals surface area contributed by atoms with Crippen LogP contribution >= 0.6 is 11.8 Å². The molecule has 0 aliphatic heterocycles. The highest BCUT2D eigenvalue weighted by Crippen LogP contribution is 2.43. The van der Waals surface area contributed by atoms with Crippen LogP contribution in [0.15, 0.2) is 35.5 Å². The number of aromatic nitrogens is 3. The number of hydrogen-bond donors (Lipinski definition) is 1. The summed E-state index contributed by atoms with van der Waals surface area (Å²) in [6.07, 6.45) is 1.69. The van der Waals surface area contributed by atoms with Gasteiger partial charge in [0.2, 0.25) is 5.88 Å². The van der Waals surface area contributed by atoms with Crippen LogP contribution in [0.1, 0.15) is 88.6 Å². The Bertz CT molecular complexity index is 2020. The molecule has 0 aliphatic carbocycles. The number of rotatable bonds is 15. The van der Waals surface area contributed by atoms with Gasteiger partial charge in [-0.1, -0.05) is 86.1 Å². The fraction of sp³-hybridized carbons (Fsp3) is 0.558. The number of fused-ring (bicyclic) bond motifs is 2. The van der Waals surface area contributed by atoms with Crippen LogP contribution in [0.4, 0.5) is 10.2 Å². The number of ether oxygens (including phenoxy) is 3. The molecule has 0 bridgehead atoms. The van der Waals surface area contributed by atoms with Gasteiger partial charge in [0.15, 0.2) is 20.3 Å². The molecular weight excluding hydrogens is 744 g/mol. The maximum absolute atomic E-state index is 16.2. The van der Waals surface area contributed by atoms with Gasteiger partial charge in [0.05, 0.1) is 29.0 Å². The predicted octanol–water partition coefficient (Wildman–Crippen LogP) is 11.9. The maximum Gasteiger partial charge on any atom is 0.227 e. The van der Waals surface area contributed by atoms with Crippen molar-refractivity contribution in [3.8, 4) is 34.4 Å². The van der Waals surface area contributed by atoms with Gasteiger partial charge in [-0.3, -0.25) is 0 Å². The van der Waals surface area contributed by atoms with Crippen molar-refractivity contribution in [3.05, 3.63) is 41.7 Å². The molecule has 4 aromatic rings. The van der Waals surface area contributed by atoms with E-state index in [-0.39, 0.29) is 29.9 Å². The van der Waals surface area contributed by atoms with E-state index in [1.807, 2.05) is 38.3 Å². The highest BCUT2D eigenvalue weighted by Gasteiger charge is 2.42. The van der Waals surface area contributed by atoms with E-state index in [4.69, 9.17) is 33.6 Å². The Hall–Kier alpha value is -3.22. The number of thioether (sulfide) groups is 1. The summed E-state index contributed by atoms with van der Waals surface area (Å²) < 4.78 is 40.6. The Morgan fingerprint density at radius 2 is 1.55 bits per heavy atom. The fourth-order valence-corrected chi connectivity index (χ4v) is 14.3. The van der Waals surface area contributed by atoms with E-state index >= 15 is 4.39 Å². The van der Waals surface area contributed by atoms with Gasteiger partial charge < -0.3 is 24.0 Å². The second-order valence-corrected chi connectivity index (χ2v) is 28.3. The average molecular weight is 807 g/mol. The Balaban J connectivity index is 2.03. The first kappa shape index (κ1) is 44.5. The summed E-state index contributed by atoms with van der Waals surface area (Å²) in [4.78, 5) is 15.0. The Labute approximate surface area is 335 Å². The number of anilines is 1. The van der Waals surface area contributed by atoms with Crippen LogP contribution < -0.4 is 14.8 Å². The van der Waals surface area contributed by atoms with Crippen LogP contribution in [0, 0.1) is 17.3 Å². The van der Waals surface area contributed by atoms with Gasteiger partial charge in [0.25, 0.3) is 0 Å². The van der Waals surface area contributed by atoms with Gasteiger partial charge in [-0.2, -0.15) is 0 Å². The van der Waals surface area contributed by atoms with Crippen molar-refractivity contribution in [2.24, 2.45) is 0 Å². The summed E-state index contributed by atoms with van der Waals surface area (Å²) in [6.45, 7) is 31.4. The van der Waals surface area contributed by atoms with E-state index in [1.165, 1.54) is 17.8 Å². The molecule has 2 heterocycles. The second kappa shape index (κ2) is 17.9. The van der Waals surface area contributed by atoms with Crippen molar-refractivity contribution in [1.29, 1.82) is 0 Å². The van der Waals surface area contributed by atoms with Crippen LogP contribution in [0.25, 0.3) is 32.9 Å². The normalized spacial score (nSPS) is 13.3. The zero-order valence-corrected chi connectivity index (χ0v) is 38.8. The molecule has 12 heteroatoms. The maximum atomic E-state index is 16.2. The van der Waals surface area contributed by atoms with Gasteiger partial charge in [0, 0.05) is 24.6 Å². The summed E-state index contributed by atoms with van der Waals surface area (Å²) >= 11 is 1.46. The lowest BCUT2D eigenvalue weighted by atomic mass is 9.96. The van der Waals surface area contributed by atoms with Crippen LogP contribution in [0.5, 0.6) is 11.6 Å². The molecule has 0 aliphatic rings. The Kier molecular flexibility index (Phi) is 14.5. The van der Waals surface area contributed by atoms with Crippen LogP contribution in [-0.4, -0.2) is 70.3 Å². The molecule has 0 fully saturated rings. The van der Waals surface area contributed by atoms with Crippen molar-refractivity contribution in [1.82, 2.24) is 15.0 Å². The van der Waals surface area contributed by atoms with Gasteiger partial charge in [-0.25, -0.2) is 19.3 Å². The Morgan fingerprint density at radius 3 is 2.11 bits per heavy atom. The monoisotopic (exact) mass is 806 g/mol. The largest absolute Gasteiger partial charge is 0.474 e. The number of nitrogens with zero attached hydrogens (tertiary/aromatic N) is 3. The first-order valence-corrected chi connectivity index (χ1v) is 25.8. The SMILES string of the molecule is COCOc1cc(-c2cc3nc(SC)nc(NC[C@H](C)O[Si](C)(C)C(C)(C)C)c3c(OC(C)C)n2)c2c(C#C[Si](C(C)C)(C(C)C)C(C)C)c(F)ccc2c1. The van der Waals surface area contributed by atoms with Crippen molar-refractivity contribution in [3.63, 3.8) is 0 Å². The predicted molar refractivity (Wildman–Crippen MR) is 234 cm³/mol. The van der Waals surface area contributed by atoms with E-state index in [0.717, 1.165) is 5.39 Å². The number of methoxy groups -OCH3 is 1. The van der Waals surface area contributed by atoms with Crippen LogP contribution in [0.2, 0.25) is 34.8 Å². The number of nitrogens with one attached hydrogen (secondary N) is 1. The fourth-order valence-electron chi connectivity index (χ4n) is 7.28. The van der Waals surface area contributed by atoms with E-state index in [2.05, 4.69) is 99.1 Å². The number of halogens is 1. The van der Waals surface area contributed by atoms with Crippen molar-refractivity contribution in [2.75, 3.05) is 32.0 Å². The first-order chi connectivity index (χ1) is 25.7. The molecule has 8 nitrogen and oxygen atoms in total. The number of benzene rings is 2. The van der Waals surface area contributed by atoms with E-state index in [9.17, 15) is 0 Å². The summed E-state index contributed by atoms with van der Waals surface area (Å²) in [5, 5.41) is 6.34. The molecule has 0 saturated carbocycles.